The van der Waals surface area contributed by atoms with Crippen molar-refractivity contribution in [3.8, 4) is 28.3 Å². The number of carbonyl (C=O) groups is 1. The number of carbonyl (C=O) groups excluding carboxylic acids is 1. The fraction of sp³-hybridized carbons (Fsp3) is 0.200. The van der Waals surface area contributed by atoms with Crippen molar-refractivity contribution in [2.24, 2.45) is 0 Å². The number of rotatable bonds is 7. The Morgan fingerprint density at radius 3 is 2.52 bits per heavy atom. The number of aromatic nitrogens is 4. The van der Waals surface area contributed by atoms with Crippen LogP contribution in [0, 0.1) is 5.82 Å². The van der Waals surface area contributed by atoms with Gasteiger partial charge in [-0.1, -0.05) is 65.9 Å². The predicted molar refractivity (Wildman–Crippen MR) is 150 cm³/mol. The van der Waals surface area contributed by atoms with Crippen LogP contribution in [0.5, 0.6) is 0 Å². The molecule has 10 heteroatoms. The average Bonchev–Trinajstić information content (AvgIpc) is 3.67. The molecule has 0 bridgehead atoms. The van der Waals surface area contributed by atoms with Gasteiger partial charge in [0, 0.05) is 36.6 Å². The topological polar surface area (TPSA) is 86.3 Å². The van der Waals surface area contributed by atoms with Crippen LogP contribution in [0.3, 0.4) is 0 Å². The molecule has 40 heavy (non-hydrogen) atoms. The molecule has 5 aromatic rings. The van der Waals surface area contributed by atoms with Crippen LogP contribution in [-0.4, -0.2) is 50.5 Å². The van der Waals surface area contributed by atoms with Crippen LogP contribution in [0.4, 0.5) is 4.39 Å². The molecule has 3 heterocycles. The third-order valence-electron chi connectivity index (χ3n) is 6.78. The smallest absolute Gasteiger partial charge is 0.223 e. The number of hydrogen-bond acceptors (Lipinski definition) is 6. The Morgan fingerprint density at radius 1 is 1.02 bits per heavy atom. The van der Waals surface area contributed by atoms with Crippen molar-refractivity contribution in [3.63, 3.8) is 0 Å². The standard InChI is InChI=1S/C30H25BrFN5O3/c31-23-12-11-22(17-24(23)32)37-18-25(34-35-37)26-19-39-16-15-36(26)28(38)14-13-27-33-29(20-7-3-1-4-8-20)30(40-27)21-9-5-2-6-10-21/h1-12,17-18,26H,13-16,19H2. The quantitative estimate of drug-likeness (QED) is 0.227. The van der Waals surface area contributed by atoms with Gasteiger partial charge in [0.25, 0.3) is 0 Å². The zero-order chi connectivity index (χ0) is 27.5. The van der Waals surface area contributed by atoms with E-state index in [4.69, 9.17) is 14.1 Å². The molecule has 1 saturated heterocycles. The van der Waals surface area contributed by atoms with E-state index in [0.717, 1.165) is 16.8 Å². The van der Waals surface area contributed by atoms with Crippen molar-refractivity contribution >= 4 is 21.8 Å². The van der Waals surface area contributed by atoms with Gasteiger partial charge in [0.15, 0.2) is 11.7 Å². The average molecular weight is 602 g/mol. The molecule has 0 radical (unpaired) electrons. The molecule has 0 spiro atoms. The van der Waals surface area contributed by atoms with E-state index in [1.54, 1.807) is 23.2 Å². The predicted octanol–water partition coefficient (Wildman–Crippen LogP) is 6.02. The van der Waals surface area contributed by atoms with E-state index in [2.05, 4.69) is 26.2 Å². The summed E-state index contributed by atoms with van der Waals surface area (Å²) in [6.45, 7) is 1.16. The van der Waals surface area contributed by atoms with Gasteiger partial charge in [-0.15, -0.1) is 5.10 Å². The summed E-state index contributed by atoms with van der Waals surface area (Å²) in [5.74, 6) is 0.724. The van der Waals surface area contributed by atoms with Gasteiger partial charge in [-0.25, -0.2) is 14.1 Å². The zero-order valence-electron chi connectivity index (χ0n) is 21.4. The number of ether oxygens (including phenoxy) is 1. The Labute approximate surface area is 238 Å². The lowest BCUT2D eigenvalue weighted by Crippen LogP contribution is -2.43. The summed E-state index contributed by atoms with van der Waals surface area (Å²) in [5.41, 5.74) is 3.73. The van der Waals surface area contributed by atoms with E-state index in [-0.39, 0.29) is 12.3 Å². The highest BCUT2D eigenvalue weighted by atomic mass is 79.9. The Morgan fingerprint density at radius 2 is 1.77 bits per heavy atom. The number of nitrogens with zero attached hydrogens (tertiary/aromatic N) is 5. The number of aryl methyl sites for hydroxylation is 1. The molecule has 1 atom stereocenters. The Balaban J connectivity index is 1.20. The van der Waals surface area contributed by atoms with Crippen LogP contribution in [0.2, 0.25) is 0 Å². The van der Waals surface area contributed by atoms with Crippen molar-refractivity contribution in [1.29, 1.82) is 0 Å². The summed E-state index contributed by atoms with van der Waals surface area (Å²) in [4.78, 5) is 20.0. The molecule has 202 valence electrons. The van der Waals surface area contributed by atoms with E-state index >= 15 is 0 Å². The SMILES string of the molecule is O=C(CCc1nc(-c2ccccc2)c(-c2ccccc2)o1)N1CCOCC1c1cn(-c2ccc(Br)c(F)c2)nn1. The molecule has 1 fully saturated rings. The molecule has 3 aromatic carbocycles. The first kappa shape index (κ1) is 26.1. The summed E-state index contributed by atoms with van der Waals surface area (Å²) in [6.07, 6.45) is 2.26. The van der Waals surface area contributed by atoms with E-state index in [1.165, 1.54) is 10.7 Å². The third kappa shape index (κ3) is 5.45. The largest absolute Gasteiger partial charge is 0.440 e. The maximum atomic E-state index is 14.0. The molecule has 1 aliphatic rings. The van der Waals surface area contributed by atoms with Crippen molar-refractivity contribution in [1.82, 2.24) is 24.9 Å². The molecule has 2 aromatic heterocycles. The molecular weight excluding hydrogens is 577 g/mol. The Hall–Kier alpha value is -4.15. The van der Waals surface area contributed by atoms with Gasteiger partial charge in [0.1, 0.15) is 23.2 Å². The summed E-state index contributed by atoms with van der Waals surface area (Å²) in [7, 11) is 0. The van der Waals surface area contributed by atoms with Crippen molar-refractivity contribution in [2.75, 3.05) is 19.8 Å². The first-order valence-corrected chi connectivity index (χ1v) is 13.7. The lowest BCUT2D eigenvalue weighted by molar-refractivity contribution is -0.140. The molecule has 8 nitrogen and oxygen atoms in total. The molecule has 0 N–H and O–H groups in total. The van der Waals surface area contributed by atoms with Crippen LogP contribution < -0.4 is 0 Å². The van der Waals surface area contributed by atoms with Crippen LogP contribution in [0.15, 0.2) is 93.9 Å². The second-order valence-electron chi connectivity index (χ2n) is 9.38. The van der Waals surface area contributed by atoms with Crippen molar-refractivity contribution in [3.05, 3.63) is 107 Å². The Kier molecular flexibility index (Phi) is 7.52. The highest BCUT2D eigenvalue weighted by Crippen LogP contribution is 2.33. The summed E-state index contributed by atoms with van der Waals surface area (Å²) in [6, 6.07) is 24.0. The molecule has 0 saturated carbocycles. The van der Waals surface area contributed by atoms with Gasteiger partial charge >= 0.3 is 0 Å². The minimum atomic E-state index is -0.403. The highest BCUT2D eigenvalue weighted by Gasteiger charge is 2.31. The second kappa shape index (κ2) is 11.5. The van der Waals surface area contributed by atoms with Gasteiger partial charge in [-0.05, 0) is 28.1 Å². The van der Waals surface area contributed by atoms with Gasteiger partial charge in [0.05, 0.1) is 29.6 Å². The number of amides is 1. The van der Waals surface area contributed by atoms with Crippen molar-refractivity contribution in [2.45, 2.75) is 18.9 Å². The first-order valence-electron chi connectivity index (χ1n) is 12.9. The normalized spacial score (nSPS) is 15.3. The van der Waals surface area contributed by atoms with Crippen LogP contribution in [0.25, 0.3) is 28.3 Å². The maximum absolute atomic E-state index is 14.0. The number of halogens is 2. The van der Waals surface area contributed by atoms with E-state index in [0.29, 0.717) is 53.7 Å². The number of benzene rings is 3. The minimum Gasteiger partial charge on any atom is -0.440 e. The van der Waals surface area contributed by atoms with Crippen LogP contribution in [-0.2, 0) is 16.0 Å². The molecule has 0 aliphatic carbocycles. The van der Waals surface area contributed by atoms with Gasteiger partial charge in [0.2, 0.25) is 5.91 Å². The van der Waals surface area contributed by atoms with Gasteiger partial charge in [-0.3, -0.25) is 4.79 Å². The summed E-state index contributed by atoms with van der Waals surface area (Å²) >= 11 is 3.16. The fourth-order valence-electron chi connectivity index (χ4n) is 4.74. The zero-order valence-corrected chi connectivity index (χ0v) is 23.0. The number of morpholine rings is 1. The summed E-state index contributed by atoms with van der Waals surface area (Å²) < 4.78 is 27.8. The molecule has 1 aliphatic heterocycles. The second-order valence-corrected chi connectivity index (χ2v) is 10.2. The lowest BCUT2D eigenvalue weighted by atomic mass is 10.1. The maximum Gasteiger partial charge on any atom is 0.223 e. The van der Waals surface area contributed by atoms with Crippen LogP contribution >= 0.6 is 15.9 Å². The van der Waals surface area contributed by atoms with E-state index in [1.807, 2.05) is 60.7 Å². The van der Waals surface area contributed by atoms with E-state index < -0.39 is 11.9 Å². The monoisotopic (exact) mass is 601 g/mol. The molecule has 6 rings (SSSR count). The van der Waals surface area contributed by atoms with E-state index in [9.17, 15) is 9.18 Å². The highest BCUT2D eigenvalue weighted by molar-refractivity contribution is 9.10. The van der Waals surface area contributed by atoms with Gasteiger partial charge in [-0.2, -0.15) is 0 Å². The van der Waals surface area contributed by atoms with Crippen molar-refractivity contribution < 1.29 is 18.3 Å². The molecule has 1 amide bonds. The molecule has 1 unspecified atom stereocenters. The first-order chi connectivity index (χ1) is 19.6. The third-order valence-corrected chi connectivity index (χ3v) is 7.42. The molecular formula is C30H25BrFN5O3. The lowest BCUT2D eigenvalue weighted by Gasteiger charge is -2.34. The summed E-state index contributed by atoms with van der Waals surface area (Å²) in [5, 5.41) is 8.43. The minimum absolute atomic E-state index is 0.0572. The number of hydrogen-bond donors (Lipinski definition) is 0. The fourth-order valence-corrected chi connectivity index (χ4v) is 4.98. The Bertz CT molecular complexity index is 1570. The van der Waals surface area contributed by atoms with Crippen LogP contribution in [0.1, 0.15) is 24.0 Å². The van der Waals surface area contributed by atoms with Gasteiger partial charge < -0.3 is 14.1 Å². The number of oxazole rings is 1.